The van der Waals surface area contributed by atoms with Crippen LogP contribution in [-0.4, -0.2) is 18.0 Å². The van der Waals surface area contributed by atoms with Gasteiger partial charge in [0.25, 0.3) is 0 Å². The highest BCUT2D eigenvalue weighted by Crippen LogP contribution is 2.52. The van der Waals surface area contributed by atoms with Crippen LogP contribution in [0.4, 0.5) is 26.3 Å². The topological polar surface area (TPSA) is 9.23 Å². The van der Waals surface area contributed by atoms with Crippen LogP contribution in [0.25, 0.3) is 0 Å². The molecule has 4 rings (SSSR count). The molecule has 0 amide bonds. The van der Waals surface area contributed by atoms with Gasteiger partial charge in [-0.25, -0.2) is 0 Å². The van der Waals surface area contributed by atoms with Crippen molar-refractivity contribution in [3.63, 3.8) is 0 Å². The summed E-state index contributed by atoms with van der Waals surface area (Å²) in [6.07, 6.45) is 10.7. The maximum Gasteiger partial charge on any atom is 0.400 e. The Hall–Kier alpha value is -1.14. The maximum atomic E-state index is 14.9. The quantitative estimate of drug-likeness (QED) is 0.312. The minimum atomic E-state index is -4.79. The number of halogens is 6. The second kappa shape index (κ2) is 10.7. The molecule has 0 N–H and O–H groups in total. The summed E-state index contributed by atoms with van der Waals surface area (Å²) >= 11 is 0. The second-order valence-electron chi connectivity index (χ2n) is 11.5. The molecular weight excluding hydrogens is 466 g/mol. The van der Waals surface area contributed by atoms with Gasteiger partial charge in [0, 0.05) is 5.57 Å². The van der Waals surface area contributed by atoms with Crippen molar-refractivity contribution in [2.24, 2.45) is 29.6 Å². The third-order valence-electron chi connectivity index (χ3n) is 9.36. The number of ether oxygens (including phenoxy) is 1. The van der Waals surface area contributed by atoms with E-state index in [1.807, 2.05) is 0 Å². The van der Waals surface area contributed by atoms with Crippen molar-refractivity contribution in [3.8, 4) is 0 Å². The molecule has 0 radical (unpaired) electrons. The smallest absolute Gasteiger partial charge is 0.400 e. The third-order valence-corrected chi connectivity index (χ3v) is 9.36. The fraction of sp³-hybridized carbons (Fsp3) is 0.857. The summed E-state index contributed by atoms with van der Waals surface area (Å²) < 4.78 is 91.8. The molecule has 0 unspecified atom stereocenters. The van der Waals surface area contributed by atoms with E-state index in [9.17, 15) is 26.3 Å². The second-order valence-corrected chi connectivity index (χ2v) is 11.5. The van der Waals surface area contributed by atoms with Gasteiger partial charge in [-0.15, -0.1) is 0 Å². The van der Waals surface area contributed by atoms with Crippen molar-refractivity contribution in [1.29, 1.82) is 0 Å². The summed E-state index contributed by atoms with van der Waals surface area (Å²) in [6.45, 7) is 1.59. The molecule has 4 aliphatic rings. The molecule has 0 saturated heterocycles. The number of hydrogen-bond donors (Lipinski definition) is 0. The van der Waals surface area contributed by atoms with E-state index in [4.69, 9.17) is 0 Å². The largest absolute Gasteiger partial charge is 0.430 e. The summed E-state index contributed by atoms with van der Waals surface area (Å²) in [6, 6.07) is 0. The zero-order valence-corrected chi connectivity index (χ0v) is 20.8. The maximum absolute atomic E-state index is 14.9. The summed E-state index contributed by atoms with van der Waals surface area (Å²) in [5, 5.41) is 0. The molecule has 1 nitrogen and oxygen atoms in total. The molecule has 4 aliphatic carbocycles. The first-order valence-corrected chi connectivity index (χ1v) is 13.8. The van der Waals surface area contributed by atoms with Crippen LogP contribution in [0.3, 0.4) is 0 Å². The fourth-order valence-electron chi connectivity index (χ4n) is 7.20. The van der Waals surface area contributed by atoms with Crippen molar-refractivity contribution in [3.05, 3.63) is 23.5 Å². The van der Waals surface area contributed by atoms with E-state index in [-0.39, 0.29) is 25.7 Å². The van der Waals surface area contributed by atoms with Crippen molar-refractivity contribution in [2.45, 2.75) is 121 Å². The SMILES string of the molecule is CCCC1=CC=C(OC(F)(F)C2CCC(C3CCC(C4CCCCC4)CC3)CC2)C(F)(F)C1(F)F. The van der Waals surface area contributed by atoms with Gasteiger partial charge in [0.1, 0.15) is 0 Å². The minimum absolute atomic E-state index is 0.173. The van der Waals surface area contributed by atoms with Crippen LogP contribution in [0.15, 0.2) is 23.5 Å². The molecule has 0 aromatic carbocycles. The zero-order chi connectivity index (χ0) is 25.3. The molecular formula is C28H40F6O. The van der Waals surface area contributed by atoms with Crippen molar-refractivity contribution in [1.82, 2.24) is 0 Å². The molecule has 0 aromatic heterocycles. The van der Waals surface area contributed by atoms with E-state index in [1.54, 1.807) is 6.92 Å². The minimum Gasteiger partial charge on any atom is -0.430 e. The lowest BCUT2D eigenvalue weighted by molar-refractivity contribution is -0.288. The third kappa shape index (κ3) is 5.58. The molecule has 3 fully saturated rings. The van der Waals surface area contributed by atoms with E-state index in [0.717, 1.165) is 30.8 Å². The molecule has 0 spiro atoms. The summed E-state index contributed by atoms with van der Waals surface area (Å²) in [4.78, 5) is 0. The Bertz CT molecular complexity index is 766. The first-order chi connectivity index (χ1) is 16.6. The number of alkyl halides is 6. The molecule has 0 bridgehead atoms. The molecule has 35 heavy (non-hydrogen) atoms. The Morgan fingerprint density at radius 3 is 1.71 bits per heavy atom. The fourth-order valence-corrected chi connectivity index (χ4v) is 7.20. The van der Waals surface area contributed by atoms with Crippen LogP contribution < -0.4 is 0 Å². The Morgan fingerprint density at radius 1 is 0.714 bits per heavy atom. The lowest BCUT2D eigenvalue weighted by atomic mass is 9.65. The summed E-state index contributed by atoms with van der Waals surface area (Å²) in [5.74, 6) is -9.56. The van der Waals surface area contributed by atoms with Gasteiger partial charge in [-0.3, -0.25) is 0 Å². The predicted molar refractivity (Wildman–Crippen MR) is 124 cm³/mol. The Morgan fingerprint density at radius 2 is 1.20 bits per heavy atom. The first-order valence-electron chi connectivity index (χ1n) is 13.8. The first kappa shape index (κ1) is 26.9. The van der Waals surface area contributed by atoms with E-state index in [1.165, 1.54) is 44.9 Å². The van der Waals surface area contributed by atoms with E-state index >= 15 is 0 Å². The van der Waals surface area contributed by atoms with Gasteiger partial charge in [0.2, 0.25) is 0 Å². The van der Waals surface area contributed by atoms with Gasteiger partial charge in [0.15, 0.2) is 5.76 Å². The number of allylic oxidation sites excluding steroid dienone is 4. The highest BCUT2D eigenvalue weighted by molar-refractivity contribution is 5.35. The summed E-state index contributed by atoms with van der Waals surface area (Å²) in [7, 11) is 0. The number of rotatable bonds is 7. The van der Waals surface area contributed by atoms with Gasteiger partial charge in [0.05, 0.1) is 5.92 Å². The van der Waals surface area contributed by atoms with Crippen LogP contribution in [0, 0.1) is 29.6 Å². The van der Waals surface area contributed by atoms with E-state index < -0.39 is 35.2 Å². The number of hydrogen-bond acceptors (Lipinski definition) is 1. The zero-order valence-electron chi connectivity index (χ0n) is 20.8. The molecule has 200 valence electrons. The van der Waals surface area contributed by atoms with E-state index in [2.05, 4.69) is 4.74 Å². The highest BCUT2D eigenvalue weighted by atomic mass is 19.3. The lowest BCUT2D eigenvalue weighted by Crippen LogP contribution is -2.48. The Balaban J connectivity index is 1.30. The summed E-state index contributed by atoms with van der Waals surface area (Å²) in [5.41, 5.74) is -0.751. The molecule has 3 saturated carbocycles. The van der Waals surface area contributed by atoms with Gasteiger partial charge >= 0.3 is 18.0 Å². The van der Waals surface area contributed by atoms with Gasteiger partial charge in [-0.2, -0.15) is 26.3 Å². The standard InChI is InChI=1S/C28H40F6O/c1-2-6-23-17-18-25(27(31,32)26(23,29)30)35-28(33,34)24-15-13-22(14-16-24)21-11-9-20(10-12-21)19-7-4-3-5-8-19/h17-22,24H,2-16H2,1H3. The molecule has 0 atom stereocenters. The van der Waals surface area contributed by atoms with E-state index in [0.29, 0.717) is 30.8 Å². The molecule has 7 heteroatoms. The average molecular weight is 507 g/mol. The van der Waals surface area contributed by atoms with Crippen LogP contribution in [-0.2, 0) is 4.74 Å². The van der Waals surface area contributed by atoms with Crippen LogP contribution in [0.5, 0.6) is 0 Å². The molecule has 0 aliphatic heterocycles. The Labute approximate surface area is 205 Å². The highest BCUT2D eigenvalue weighted by Gasteiger charge is 2.64. The average Bonchev–Trinajstić information content (AvgIpc) is 2.85. The van der Waals surface area contributed by atoms with Crippen molar-refractivity contribution < 1.29 is 31.1 Å². The lowest BCUT2D eigenvalue weighted by Gasteiger charge is -2.42. The van der Waals surface area contributed by atoms with Gasteiger partial charge in [-0.1, -0.05) is 51.5 Å². The van der Waals surface area contributed by atoms with Gasteiger partial charge in [-0.05, 0) is 87.5 Å². The predicted octanol–water partition coefficient (Wildman–Crippen LogP) is 9.68. The van der Waals surface area contributed by atoms with Crippen LogP contribution in [0.1, 0.15) is 103 Å². The monoisotopic (exact) mass is 506 g/mol. The van der Waals surface area contributed by atoms with Crippen molar-refractivity contribution >= 4 is 0 Å². The van der Waals surface area contributed by atoms with Crippen molar-refractivity contribution in [2.75, 3.05) is 0 Å². The van der Waals surface area contributed by atoms with Crippen LogP contribution in [0.2, 0.25) is 0 Å². The van der Waals surface area contributed by atoms with Gasteiger partial charge < -0.3 is 4.74 Å². The molecule has 0 heterocycles. The Kier molecular flexibility index (Phi) is 8.22. The molecule has 0 aromatic rings. The van der Waals surface area contributed by atoms with Crippen LogP contribution >= 0.6 is 0 Å². The normalized spacial score (nSPS) is 34.1.